The van der Waals surface area contributed by atoms with Crippen LogP contribution in [0.1, 0.15) is 33.2 Å². The number of rotatable bonds is 6. The monoisotopic (exact) mass is 450 g/mol. The number of sulfone groups is 1. The zero-order valence-electron chi connectivity index (χ0n) is 15.4. The molecule has 0 aliphatic rings. The summed E-state index contributed by atoms with van der Waals surface area (Å²) >= 11 is 12.0. The second kappa shape index (κ2) is 8.66. The predicted molar refractivity (Wildman–Crippen MR) is 113 cm³/mol. The summed E-state index contributed by atoms with van der Waals surface area (Å²) in [5, 5.41) is -0.933. The van der Waals surface area contributed by atoms with Crippen LogP contribution in [0.25, 0.3) is 0 Å². The Morgan fingerprint density at radius 2 is 1.66 bits per heavy atom. The molecule has 0 saturated carbocycles. The molecule has 7 heteroatoms. The molecular formula is C22H17Cl2FO3S. The number of aryl methyl sites for hydroxylation is 1. The summed E-state index contributed by atoms with van der Waals surface area (Å²) in [6.45, 7) is 1.83. The van der Waals surface area contributed by atoms with Gasteiger partial charge < -0.3 is 0 Å². The molecule has 1 atom stereocenters. The highest BCUT2D eigenvalue weighted by Crippen LogP contribution is 2.35. The molecule has 3 aromatic carbocycles. The van der Waals surface area contributed by atoms with E-state index in [1.165, 1.54) is 54.6 Å². The van der Waals surface area contributed by atoms with E-state index in [-0.39, 0.29) is 21.0 Å². The van der Waals surface area contributed by atoms with Crippen LogP contribution in [0.5, 0.6) is 0 Å². The van der Waals surface area contributed by atoms with Gasteiger partial charge in [0.15, 0.2) is 15.6 Å². The van der Waals surface area contributed by atoms with E-state index in [4.69, 9.17) is 23.2 Å². The first-order valence-corrected chi connectivity index (χ1v) is 11.0. The van der Waals surface area contributed by atoms with Crippen LogP contribution in [-0.4, -0.2) is 14.2 Å². The average Bonchev–Trinajstić information content (AvgIpc) is 2.67. The second-order valence-corrected chi connectivity index (χ2v) is 9.59. The zero-order chi connectivity index (χ0) is 21.2. The van der Waals surface area contributed by atoms with Crippen molar-refractivity contribution in [2.24, 2.45) is 0 Å². The van der Waals surface area contributed by atoms with Gasteiger partial charge in [-0.25, -0.2) is 12.8 Å². The van der Waals surface area contributed by atoms with E-state index >= 15 is 0 Å². The molecule has 0 bridgehead atoms. The molecule has 0 fully saturated rings. The first-order valence-electron chi connectivity index (χ1n) is 8.73. The number of ketones is 1. The molecular weight excluding hydrogens is 434 g/mol. The predicted octanol–water partition coefficient (Wildman–Crippen LogP) is 6.23. The van der Waals surface area contributed by atoms with Crippen molar-refractivity contribution in [3.63, 3.8) is 0 Å². The average molecular weight is 451 g/mol. The molecule has 0 unspecified atom stereocenters. The van der Waals surface area contributed by atoms with Gasteiger partial charge in [0.25, 0.3) is 0 Å². The van der Waals surface area contributed by atoms with Crippen LogP contribution in [-0.2, 0) is 9.84 Å². The Morgan fingerprint density at radius 3 is 2.28 bits per heavy atom. The van der Waals surface area contributed by atoms with Crippen LogP contribution in [0, 0.1) is 12.7 Å². The summed E-state index contributed by atoms with van der Waals surface area (Å²) in [7, 11) is -4.05. The minimum Gasteiger partial charge on any atom is -0.294 e. The summed E-state index contributed by atoms with van der Waals surface area (Å²) in [6, 6.07) is 16.1. The number of carbonyl (C=O) groups excluding carboxylic acids is 1. The van der Waals surface area contributed by atoms with E-state index in [0.717, 1.165) is 5.56 Å². The van der Waals surface area contributed by atoms with Gasteiger partial charge in [0, 0.05) is 22.6 Å². The Bertz CT molecular complexity index is 1160. The maximum absolute atomic E-state index is 14.5. The lowest BCUT2D eigenvalue weighted by Gasteiger charge is -2.19. The minimum absolute atomic E-state index is 0.0198. The van der Waals surface area contributed by atoms with Gasteiger partial charge in [-0.15, -0.1) is 0 Å². The number of hydrogen-bond acceptors (Lipinski definition) is 3. The third-order valence-corrected chi connectivity index (χ3v) is 7.23. The molecule has 150 valence electrons. The van der Waals surface area contributed by atoms with Crippen LogP contribution < -0.4 is 0 Å². The minimum atomic E-state index is -4.05. The van der Waals surface area contributed by atoms with E-state index in [0.29, 0.717) is 5.02 Å². The Balaban J connectivity index is 2.08. The van der Waals surface area contributed by atoms with Crippen LogP contribution >= 0.6 is 23.2 Å². The molecule has 0 aliphatic carbocycles. The largest absolute Gasteiger partial charge is 0.294 e. The summed E-state index contributed by atoms with van der Waals surface area (Å²) in [4.78, 5) is 12.9. The number of Topliss-reactive ketones (excluding diaryl/α,β-unsaturated/α-hetero) is 1. The molecule has 3 rings (SSSR count). The number of hydrogen-bond donors (Lipinski definition) is 0. The Hall–Kier alpha value is -2.21. The number of halogens is 3. The van der Waals surface area contributed by atoms with Crippen molar-refractivity contribution in [1.29, 1.82) is 0 Å². The zero-order valence-corrected chi connectivity index (χ0v) is 17.7. The third kappa shape index (κ3) is 4.69. The number of carbonyl (C=O) groups is 1. The molecule has 0 saturated heterocycles. The van der Waals surface area contributed by atoms with E-state index in [1.54, 1.807) is 12.1 Å². The van der Waals surface area contributed by atoms with Crippen molar-refractivity contribution >= 4 is 38.8 Å². The first kappa shape index (κ1) is 21.5. The fourth-order valence-corrected chi connectivity index (χ4v) is 5.26. The fourth-order valence-electron chi connectivity index (χ4n) is 3.01. The standard InChI is InChI=1S/C22H17Cl2FO3S/c1-14-6-9-16(10-7-14)29(27,28)22(18-4-2-3-5-20(18)25)13-21(26)17-11-8-15(23)12-19(17)24/h2-12,22H,13H2,1H3/t22-/m1/s1. The third-order valence-electron chi connectivity index (χ3n) is 4.58. The lowest BCUT2D eigenvalue weighted by Crippen LogP contribution is -2.19. The van der Waals surface area contributed by atoms with Gasteiger partial charge in [-0.2, -0.15) is 0 Å². The van der Waals surface area contributed by atoms with Crippen molar-refractivity contribution < 1.29 is 17.6 Å². The molecule has 3 nitrogen and oxygen atoms in total. The van der Waals surface area contributed by atoms with Gasteiger partial charge >= 0.3 is 0 Å². The molecule has 0 spiro atoms. The Kier molecular flexibility index (Phi) is 6.42. The topological polar surface area (TPSA) is 51.2 Å². The van der Waals surface area contributed by atoms with Crippen molar-refractivity contribution in [1.82, 2.24) is 0 Å². The molecule has 0 aliphatic heterocycles. The molecule has 3 aromatic rings. The smallest absolute Gasteiger partial charge is 0.185 e. The molecule has 0 aromatic heterocycles. The normalized spacial score (nSPS) is 12.6. The van der Waals surface area contributed by atoms with Crippen molar-refractivity contribution in [2.75, 3.05) is 0 Å². The van der Waals surface area contributed by atoms with Crippen LogP contribution in [0.4, 0.5) is 4.39 Å². The van der Waals surface area contributed by atoms with Crippen LogP contribution in [0.2, 0.25) is 10.0 Å². The van der Waals surface area contributed by atoms with Crippen molar-refractivity contribution in [3.8, 4) is 0 Å². The van der Waals surface area contributed by atoms with E-state index < -0.39 is 33.1 Å². The second-order valence-electron chi connectivity index (χ2n) is 6.62. The SMILES string of the molecule is Cc1ccc(S(=O)(=O)[C@H](CC(=O)c2ccc(Cl)cc2Cl)c2ccccc2F)cc1. The highest BCUT2D eigenvalue weighted by Gasteiger charge is 2.33. The molecule has 29 heavy (non-hydrogen) atoms. The van der Waals surface area contributed by atoms with E-state index in [2.05, 4.69) is 0 Å². The molecule has 0 N–H and O–H groups in total. The Labute approximate surface area is 179 Å². The van der Waals surface area contributed by atoms with Gasteiger partial charge in [-0.1, -0.05) is 59.1 Å². The Morgan fingerprint density at radius 1 is 1.00 bits per heavy atom. The van der Waals surface area contributed by atoms with Crippen molar-refractivity contribution in [3.05, 3.63) is 99.3 Å². The summed E-state index contributed by atoms with van der Waals surface area (Å²) < 4.78 is 41.2. The van der Waals surface area contributed by atoms with Gasteiger partial charge in [-0.05, 0) is 43.3 Å². The molecule has 0 amide bonds. The lowest BCUT2D eigenvalue weighted by molar-refractivity contribution is 0.0980. The maximum Gasteiger partial charge on any atom is 0.185 e. The van der Waals surface area contributed by atoms with Crippen LogP contribution in [0.15, 0.2) is 71.6 Å². The first-order chi connectivity index (χ1) is 13.7. The van der Waals surface area contributed by atoms with E-state index in [9.17, 15) is 17.6 Å². The quantitative estimate of drug-likeness (QED) is 0.418. The van der Waals surface area contributed by atoms with Gasteiger partial charge in [-0.3, -0.25) is 4.79 Å². The van der Waals surface area contributed by atoms with Gasteiger partial charge in [0.1, 0.15) is 11.1 Å². The fraction of sp³-hybridized carbons (Fsp3) is 0.136. The summed E-state index contributed by atoms with van der Waals surface area (Å²) in [5.41, 5.74) is 0.957. The number of benzene rings is 3. The molecule has 0 heterocycles. The highest BCUT2D eigenvalue weighted by molar-refractivity contribution is 7.91. The summed E-state index contributed by atoms with van der Waals surface area (Å²) in [6.07, 6.45) is -0.460. The summed E-state index contributed by atoms with van der Waals surface area (Å²) in [5.74, 6) is -1.21. The molecule has 0 radical (unpaired) electrons. The van der Waals surface area contributed by atoms with E-state index in [1.807, 2.05) is 6.92 Å². The van der Waals surface area contributed by atoms with Crippen LogP contribution in [0.3, 0.4) is 0 Å². The maximum atomic E-state index is 14.5. The lowest BCUT2D eigenvalue weighted by atomic mass is 10.0. The highest BCUT2D eigenvalue weighted by atomic mass is 35.5. The van der Waals surface area contributed by atoms with Gasteiger partial charge in [0.2, 0.25) is 0 Å². The van der Waals surface area contributed by atoms with Crippen molar-refractivity contribution in [2.45, 2.75) is 23.5 Å². The van der Waals surface area contributed by atoms with Gasteiger partial charge in [0.05, 0.1) is 9.92 Å².